The van der Waals surface area contributed by atoms with Crippen LogP contribution in [0, 0.1) is 11.1 Å². The van der Waals surface area contributed by atoms with Crippen molar-refractivity contribution >= 4 is 32.7 Å². The third kappa shape index (κ3) is 4.93. The zero-order valence-electron chi connectivity index (χ0n) is 19.5. The highest BCUT2D eigenvalue weighted by molar-refractivity contribution is 7.89. The number of hydroxylamine groups is 2. The van der Waals surface area contributed by atoms with Gasteiger partial charge in [0, 0.05) is 19.4 Å². The van der Waals surface area contributed by atoms with Crippen LogP contribution in [0.25, 0.3) is 10.8 Å². The molecule has 0 bridgehead atoms. The Balaban J connectivity index is 1.63. The van der Waals surface area contributed by atoms with E-state index in [-0.39, 0.29) is 37.5 Å². The molecule has 34 heavy (non-hydrogen) atoms. The number of rotatable bonds is 4. The van der Waals surface area contributed by atoms with Crippen LogP contribution < -0.4 is 10.0 Å². The lowest BCUT2D eigenvalue weighted by atomic mass is 10.1. The molecule has 11 heteroatoms. The van der Waals surface area contributed by atoms with Gasteiger partial charge in [-0.25, -0.2) is 13.2 Å². The van der Waals surface area contributed by atoms with Crippen molar-refractivity contribution < 1.29 is 27.5 Å². The number of quaternary nitrogens is 1. The molecular formula is C23H30N4O6S. The van der Waals surface area contributed by atoms with Gasteiger partial charge in [0.1, 0.15) is 24.7 Å². The maximum Gasteiger partial charge on any atom is 0.316 e. The van der Waals surface area contributed by atoms with Gasteiger partial charge in [-0.05, 0) is 43.7 Å². The standard InChI is InChI=1S/C23H30N4O6S/c1-23(2,3)33-22(29)18-13-24-15-26-21(28)11-10-20(27(26,30)14-18)25-34(31,32)19-9-8-16-6-4-5-7-17(16)12-19/h4-9,12,18,20,24-25H,10-11,13-15H2,1-3H3. The van der Waals surface area contributed by atoms with Gasteiger partial charge >= 0.3 is 5.97 Å². The minimum atomic E-state index is -4.08. The first-order chi connectivity index (χ1) is 15.9. The number of carbonyl (C=O) groups excluding carboxylic acids is 2. The molecule has 2 aromatic carbocycles. The lowest BCUT2D eigenvalue weighted by Crippen LogP contribution is -2.71. The van der Waals surface area contributed by atoms with E-state index in [2.05, 4.69) is 10.0 Å². The molecule has 2 heterocycles. The Bertz CT molecular complexity index is 1210. The molecule has 2 aliphatic rings. The predicted octanol–water partition coefficient (Wildman–Crippen LogP) is 1.81. The van der Waals surface area contributed by atoms with E-state index in [0.29, 0.717) is 0 Å². The molecule has 184 valence electrons. The highest BCUT2D eigenvalue weighted by atomic mass is 32.2. The van der Waals surface area contributed by atoms with Crippen molar-refractivity contribution in [1.82, 2.24) is 15.0 Å². The number of nitrogens with one attached hydrogen (secondary N) is 2. The zero-order chi connectivity index (χ0) is 24.7. The van der Waals surface area contributed by atoms with Crippen molar-refractivity contribution in [2.24, 2.45) is 5.92 Å². The van der Waals surface area contributed by atoms with Gasteiger partial charge in [0.25, 0.3) is 5.91 Å². The van der Waals surface area contributed by atoms with Crippen molar-refractivity contribution in [3.63, 3.8) is 0 Å². The second-order valence-electron chi connectivity index (χ2n) is 9.76. The Hall–Kier alpha value is -2.57. The maximum atomic E-state index is 14.1. The number of esters is 1. The van der Waals surface area contributed by atoms with Gasteiger partial charge < -0.3 is 9.94 Å². The van der Waals surface area contributed by atoms with E-state index in [4.69, 9.17) is 4.74 Å². The van der Waals surface area contributed by atoms with Gasteiger partial charge in [0.05, 0.1) is 4.90 Å². The van der Waals surface area contributed by atoms with Gasteiger partial charge in [-0.15, -0.1) is 0 Å². The Morgan fingerprint density at radius 1 is 1.21 bits per heavy atom. The summed E-state index contributed by atoms with van der Waals surface area (Å²) in [5.41, 5.74) is -0.744. The first-order valence-electron chi connectivity index (χ1n) is 11.2. The van der Waals surface area contributed by atoms with Crippen molar-refractivity contribution in [3.05, 3.63) is 47.7 Å². The van der Waals surface area contributed by atoms with Crippen molar-refractivity contribution in [3.8, 4) is 0 Å². The minimum Gasteiger partial charge on any atom is -0.605 e. The summed E-state index contributed by atoms with van der Waals surface area (Å²) in [5.74, 6) is -1.81. The van der Waals surface area contributed by atoms with Gasteiger partial charge in [-0.3, -0.25) is 14.9 Å². The fourth-order valence-electron chi connectivity index (χ4n) is 4.37. The Morgan fingerprint density at radius 3 is 2.62 bits per heavy atom. The van der Waals surface area contributed by atoms with E-state index in [1.54, 1.807) is 32.9 Å². The predicted molar refractivity (Wildman–Crippen MR) is 125 cm³/mol. The quantitative estimate of drug-likeness (QED) is 0.380. The molecule has 4 rings (SSSR count). The largest absolute Gasteiger partial charge is 0.605 e. The Labute approximate surface area is 199 Å². The van der Waals surface area contributed by atoms with E-state index in [0.717, 1.165) is 15.8 Å². The van der Waals surface area contributed by atoms with E-state index < -0.39 is 44.3 Å². The van der Waals surface area contributed by atoms with Gasteiger partial charge in [0.2, 0.25) is 10.0 Å². The molecule has 0 spiro atoms. The summed E-state index contributed by atoms with van der Waals surface area (Å²) < 4.78 is 33.2. The van der Waals surface area contributed by atoms with Crippen LogP contribution in [-0.2, 0) is 24.3 Å². The number of benzene rings is 2. The molecule has 0 radical (unpaired) electrons. The number of hydrogen-bond donors (Lipinski definition) is 2. The number of sulfonamides is 1. The van der Waals surface area contributed by atoms with Gasteiger partial charge in [-0.2, -0.15) is 9.73 Å². The molecule has 2 fully saturated rings. The first kappa shape index (κ1) is 24.6. The molecule has 1 amide bonds. The van der Waals surface area contributed by atoms with E-state index in [1.165, 1.54) is 6.07 Å². The molecular weight excluding hydrogens is 460 g/mol. The fraction of sp³-hybridized carbons (Fsp3) is 0.478. The second-order valence-corrected chi connectivity index (χ2v) is 11.5. The fourth-order valence-corrected chi connectivity index (χ4v) is 5.68. The monoisotopic (exact) mass is 490 g/mol. The average Bonchev–Trinajstić information content (AvgIpc) is 2.94. The normalized spacial score (nSPS) is 26.1. The van der Waals surface area contributed by atoms with E-state index in [1.807, 2.05) is 24.3 Å². The number of fused-ring (bicyclic) bond motifs is 2. The van der Waals surface area contributed by atoms with E-state index in [9.17, 15) is 23.2 Å². The summed E-state index contributed by atoms with van der Waals surface area (Å²) in [4.78, 5) is 25.4. The van der Waals surface area contributed by atoms with Crippen LogP contribution in [0.5, 0.6) is 0 Å². The van der Waals surface area contributed by atoms with Crippen LogP contribution in [0.4, 0.5) is 0 Å². The third-order valence-corrected chi connectivity index (χ3v) is 7.47. The van der Waals surface area contributed by atoms with Crippen LogP contribution >= 0.6 is 0 Å². The summed E-state index contributed by atoms with van der Waals surface area (Å²) in [6.07, 6.45) is -1.13. The molecule has 2 saturated heterocycles. The maximum absolute atomic E-state index is 14.1. The molecule has 3 atom stereocenters. The van der Waals surface area contributed by atoms with Crippen LogP contribution in [-0.4, -0.2) is 61.6 Å². The molecule has 0 saturated carbocycles. The summed E-state index contributed by atoms with van der Waals surface area (Å²) in [5, 5.41) is 19.8. The molecule has 0 aromatic heterocycles. The summed E-state index contributed by atoms with van der Waals surface area (Å²) >= 11 is 0. The number of hydrogen-bond acceptors (Lipinski definition) is 7. The topological polar surface area (TPSA) is 128 Å². The lowest BCUT2D eigenvalue weighted by molar-refractivity contribution is -1.01. The SMILES string of the molecule is CC(C)(C)OC(=O)C1CNCN2C(=O)CCC(NS(=O)(=O)c3ccc4ccccc4c3)[N+]2([O-])C1. The molecule has 2 aliphatic heterocycles. The first-order valence-corrected chi connectivity index (χ1v) is 12.7. The minimum absolute atomic E-state index is 0.0198. The highest BCUT2D eigenvalue weighted by Gasteiger charge is 2.49. The van der Waals surface area contributed by atoms with Crippen molar-refractivity contribution in [2.45, 2.75) is 50.3 Å². The summed E-state index contributed by atoms with van der Waals surface area (Å²) in [6, 6.07) is 12.1. The van der Waals surface area contributed by atoms with Crippen LogP contribution in [0.2, 0.25) is 0 Å². The van der Waals surface area contributed by atoms with Crippen LogP contribution in [0.1, 0.15) is 33.6 Å². The van der Waals surface area contributed by atoms with Crippen molar-refractivity contribution in [1.29, 1.82) is 0 Å². The number of carbonyl (C=O) groups is 2. The Morgan fingerprint density at radius 2 is 1.91 bits per heavy atom. The average molecular weight is 491 g/mol. The molecule has 3 unspecified atom stereocenters. The molecule has 2 N–H and O–H groups in total. The van der Waals surface area contributed by atoms with Gasteiger partial charge in [-0.1, -0.05) is 30.3 Å². The molecule has 10 nitrogen and oxygen atoms in total. The van der Waals surface area contributed by atoms with E-state index >= 15 is 0 Å². The summed E-state index contributed by atoms with van der Waals surface area (Å²) in [6.45, 7) is 4.93. The summed E-state index contributed by atoms with van der Waals surface area (Å²) in [7, 11) is -4.08. The number of nitrogens with zero attached hydrogens (tertiary/aromatic N) is 2. The molecule has 0 aliphatic carbocycles. The smallest absolute Gasteiger partial charge is 0.316 e. The lowest BCUT2D eigenvalue weighted by Gasteiger charge is -2.55. The number of ether oxygens (including phenoxy) is 1. The highest BCUT2D eigenvalue weighted by Crippen LogP contribution is 2.31. The Kier molecular flexibility index (Phi) is 6.42. The van der Waals surface area contributed by atoms with Crippen LogP contribution in [0.15, 0.2) is 47.4 Å². The third-order valence-electron chi connectivity index (χ3n) is 6.01. The van der Waals surface area contributed by atoms with Crippen molar-refractivity contribution in [2.75, 3.05) is 19.8 Å². The molecule has 2 aromatic rings. The zero-order valence-corrected chi connectivity index (χ0v) is 20.3. The van der Waals surface area contributed by atoms with Gasteiger partial charge in [0.15, 0.2) is 6.17 Å². The second kappa shape index (κ2) is 8.90. The van der Waals surface area contributed by atoms with Crippen LogP contribution in [0.3, 0.4) is 0 Å². The number of amides is 1.